The summed E-state index contributed by atoms with van der Waals surface area (Å²) in [6, 6.07) is 5.19. The number of carbonyl (C=O) groups is 3. The molecule has 0 saturated heterocycles. The summed E-state index contributed by atoms with van der Waals surface area (Å²) in [4.78, 5) is 53.5. The molecule has 238 valence electrons. The van der Waals surface area contributed by atoms with Crippen LogP contribution >= 0.6 is 0 Å². The zero-order valence-electron chi connectivity index (χ0n) is 26.0. The Hall–Kier alpha value is -3.20. The predicted octanol–water partition coefficient (Wildman–Crippen LogP) is 4.94. The molecular formula is C35H48N4O5. The highest BCUT2D eigenvalue weighted by Crippen LogP contribution is 2.65. The molecule has 5 N–H and O–H groups in total. The van der Waals surface area contributed by atoms with E-state index in [9.17, 15) is 19.2 Å². The smallest absolute Gasteiger partial charge is 0.336 e. The van der Waals surface area contributed by atoms with Crippen molar-refractivity contribution in [3.8, 4) is 0 Å². The average Bonchev–Trinajstić information content (AvgIpc) is 3.40. The highest BCUT2D eigenvalue weighted by atomic mass is 16.4. The number of unbranched alkanes of at least 4 members (excludes halogenated alkanes) is 1. The van der Waals surface area contributed by atoms with Crippen LogP contribution in [0.1, 0.15) is 95.5 Å². The number of amides is 3. The zero-order valence-corrected chi connectivity index (χ0v) is 26.0. The first-order valence-electron chi connectivity index (χ1n) is 16.9. The highest BCUT2D eigenvalue weighted by molar-refractivity contribution is 6.00. The van der Waals surface area contributed by atoms with E-state index in [2.05, 4.69) is 16.0 Å². The number of hydrogen-bond donors (Lipinski definition) is 4. The van der Waals surface area contributed by atoms with Gasteiger partial charge >= 0.3 is 5.63 Å². The molecule has 5 saturated carbocycles. The fourth-order valence-corrected chi connectivity index (χ4v) is 9.12. The van der Waals surface area contributed by atoms with Crippen molar-refractivity contribution in [1.82, 2.24) is 10.6 Å². The minimum atomic E-state index is -0.795. The Morgan fingerprint density at radius 2 is 1.70 bits per heavy atom. The Kier molecular flexibility index (Phi) is 9.13. The van der Waals surface area contributed by atoms with Crippen LogP contribution in [0.25, 0.3) is 11.0 Å². The van der Waals surface area contributed by atoms with E-state index in [-0.39, 0.29) is 23.1 Å². The summed E-state index contributed by atoms with van der Waals surface area (Å²) in [5, 5.41) is 10.00. The van der Waals surface area contributed by atoms with E-state index in [1.165, 1.54) is 18.9 Å². The van der Waals surface area contributed by atoms with Gasteiger partial charge in [-0.3, -0.25) is 14.4 Å². The fourth-order valence-electron chi connectivity index (χ4n) is 9.12. The van der Waals surface area contributed by atoms with Crippen molar-refractivity contribution in [2.45, 2.75) is 109 Å². The van der Waals surface area contributed by atoms with Crippen molar-refractivity contribution in [3.63, 3.8) is 0 Å². The molecule has 0 aliphatic heterocycles. The SMILES string of the molecule is Cc1cc(=O)oc2cc(NC(=O)C(CCCCN)NC(=O)C(CC3CCCCC3)NC(=O)C34CC5CC(CC3C5)C4)ccc12. The number of hydrogen-bond acceptors (Lipinski definition) is 6. The maximum atomic E-state index is 14.0. The molecule has 4 unspecified atom stereocenters. The van der Waals surface area contributed by atoms with E-state index < -0.39 is 17.7 Å². The molecule has 4 atom stereocenters. The van der Waals surface area contributed by atoms with E-state index in [1.54, 1.807) is 12.1 Å². The summed E-state index contributed by atoms with van der Waals surface area (Å²) in [5.74, 6) is 1.53. The van der Waals surface area contributed by atoms with E-state index >= 15 is 0 Å². The van der Waals surface area contributed by atoms with Crippen LogP contribution in [0.5, 0.6) is 0 Å². The number of fused-ring (bicyclic) bond motifs is 1. The van der Waals surface area contributed by atoms with Gasteiger partial charge in [-0.15, -0.1) is 0 Å². The number of nitrogens with one attached hydrogen (secondary N) is 3. The van der Waals surface area contributed by atoms with Crippen LogP contribution in [0.15, 0.2) is 33.5 Å². The standard InChI is InChI=1S/C35H48N4O5/c1-21-13-31(40)44-30-18-26(10-11-27(21)30)37-32(41)28(9-5-6-12-36)38-33(42)29(17-22-7-3-2-4-8-22)39-34(43)35-19-23-14-24(20-35)16-25(35)15-23/h10-11,13,18,22-25,28-29H,2-9,12,14-17,19-20,36H2,1H3,(H,37,41)(H,38,42)(H,39,43). The normalized spacial score (nSPS) is 27.3. The Morgan fingerprint density at radius 1 is 0.955 bits per heavy atom. The molecule has 0 radical (unpaired) electrons. The predicted molar refractivity (Wildman–Crippen MR) is 170 cm³/mol. The molecule has 9 heteroatoms. The quantitative estimate of drug-likeness (QED) is 0.200. The van der Waals surface area contributed by atoms with Crippen molar-refractivity contribution < 1.29 is 18.8 Å². The van der Waals surface area contributed by atoms with Gasteiger partial charge in [-0.1, -0.05) is 32.1 Å². The molecule has 1 heterocycles. The van der Waals surface area contributed by atoms with Gasteiger partial charge in [0.05, 0.1) is 5.41 Å². The molecule has 7 rings (SSSR count). The van der Waals surface area contributed by atoms with E-state index in [1.807, 2.05) is 13.0 Å². The minimum absolute atomic E-state index is 0.0558. The molecule has 1 aromatic heterocycles. The lowest BCUT2D eigenvalue weighted by molar-refractivity contribution is -0.137. The summed E-state index contributed by atoms with van der Waals surface area (Å²) in [6.07, 6.45) is 13.5. The van der Waals surface area contributed by atoms with E-state index in [0.717, 1.165) is 68.7 Å². The monoisotopic (exact) mass is 604 g/mol. The summed E-state index contributed by atoms with van der Waals surface area (Å²) >= 11 is 0. The van der Waals surface area contributed by atoms with Crippen LogP contribution in [0.4, 0.5) is 5.69 Å². The zero-order chi connectivity index (χ0) is 30.8. The molecular weight excluding hydrogens is 556 g/mol. The van der Waals surface area contributed by atoms with Crippen molar-refractivity contribution in [2.75, 3.05) is 11.9 Å². The van der Waals surface area contributed by atoms with Crippen LogP contribution in [-0.4, -0.2) is 36.3 Å². The summed E-state index contributed by atoms with van der Waals surface area (Å²) < 4.78 is 5.36. The first kappa shape index (κ1) is 30.8. The van der Waals surface area contributed by atoms with E-state index in [0.29, 0.717) is 60.7 Å². The second-order valence-corrected chi connectivity index (χ2v) is 14.3. The van der Waals surface area contributed by atoms with Gasteiger partial charge in [-0.2, -0.15) is 0 Å². The van der Waals surface area contributed by atoms with E-state index in [4.69, 9.17) is 10.2 Å². The molecule has 0 spiro atoms. The minimum Gasteiger partial charge on any atom is -0.423 e. The molecule has 5 fully saturated rings. The van der Waals surface area contributed by atoms with Crippen LogP contribution < -0.4 is 27.3 Å². The second kappa shape index (κ2) is 13.0. The molecule has 2 aromatic rings. The van der Waals surface area contributed by atoms with Gasteiger partial charge in [0.25, 0.3) is 0 Å². The lowest BCUT2D eigenvalue weighted by Crippen LogP contribution is -2.55. The molecule has 5 aliphatic rings. The average molecular weight is 605 g/mol. The number of nitrogens with two attached hydrogens (primary N) is 1. The largest absolute Gasteiger partial charge is 0.423 e. The highest BCUT2D eigenvalue weighted by Gasteiger charge is 2.61. The summed E-state index contributed by atoms with van der Waals surface area (Å²) in [7, 11) is 0. The van der Waals surface area contributed by atoms with Crippen molar-refractivity contribution in [1.29, 1.82) is 0 Å². The first-order valence-corrected chi connectivity index (χ1v) is 16.9. The van der Waals surface area contributed by atoms with Crippen molar-refractivity contribution >= 4 is 34.4 Å². The molecule has 4 bridgehead atoms. The lowest BCUT2D eigenvalue weighted by Gasteiger charge is -2.34. The van der Waals surface area contributed by atoms with Crippen LogP contribution in [0.2, 0.25) is 0 Å². The van der Waals surface area contributed by atoms with Gasteiger partial charge < -0.3 is 26.1 Å². The Morgan fingerprint density at radius 3 is 2.43 bits per heavy atom. The molecule has 44 heavy (non-hydrogen) atoms. The molecule has 5 aliphatic carbocycles. The Labute approximate surface area is 259 Å². The fraction of sp³-hybridized carbons (Fsp3) is 0.657. The Bertz CT molecular complexity index is 1430. The number of carbonyl (C=O) groups excluding carboxylic acids is 3. The van der Waals surface area contributed by atoms with Crippen molar-refractivity contribution in [3.05, 3.63) is 40.2 Å². The third-order valence-corrected chi connectivity index (χ3v) is 11.2. The summed E-state index contributed by atoms with van der Waals surface area (Å²) in [5.41, 5.74) is 6.64. The van der Waals surface area contributed by atoms with Gasteiger partial charge in [0.15, 0.2) is 0 Å². The van der Waals surface area contributed by atoms with Crippen LogP contribution in [-0.2, 0) is 14.4 Å². The van der Waals surface area contributed by atoms with Crippen molar-refractivity contribution in [2.24, 2.45) is 34.8 Å². The lowest BCUT2D eigenvalue weighted by atomic mass is 9.74. The number of benzene rings is 1. The van der Waals surface area contributed by atoms with Crippen LogP contribution in [0, 0.1) is 36.0 Å². The first-order chi connectivity index (χ1) is 21.2. The topological polar surface area (TPSA) is 144 Å². The molecule has 1 aromatic carbocycles. The van der Waals surface area contributed by atoms with Gasteiger partial charge in [-0.25, -0.2) is 4.79 Å². The number of rotatable bonds is 12. The number of anilines is 1. The Balaban J connectivity index is 1.18. The maximum absolute atomic E-state index is 14.0. The van der Waals surface area contributed by atoms with Gasteiger partial charge in [0, 0.05) is 23.2 Å². The molecule has 9 nitrogen and oxygen atoms in total. The maximum Gasteiger partial charge on any atom is 0.336 e. The summed E-state index contributed by atoms with van der Waals surface area (Å²) in [6.45, 7) is 2.34. The van der Waals surface area contributed by atoms with Gasteiger partial charge in [-0.05, 0) is 113 Å². The third kappa shape index (κ3) is 6.44. The third-order valence-electron chi connectivity index (χ3n) is 11.2. The van der Waals surface area contributed by atoms with Crippen LogP contribution in [0.3, 0.4) is 0 Å². The second-order valence-electron chi connectivity index (χ2n) is 14.3. The molecule has 3 amide bonds. The van der Waals surface area contributed by atoms with Gasteiger partial charge in [0.2, 0.25) is 17.7 Å². The van der Waals surface area contributed by atoms with Gasteiger partial charge in [0.1, 0.15) is 17.7 Å². The number of aryl methyl sites for hydroxylation is 1.